The summed E-state index contributed by atoms with van der Waals surface area (Å²) in [5, 5.41) is 0. The first-order valence-electron chi connectivity index (χ1n) is 6.92. The molecule has 0 saturated carbocycles. The lowest BCUT2D eigenvalue weighted by molar-refractivity contribution is 0.304. The molecule has 3 unspecified atom stereocenters. The van der Waals surface area contributed by atoms with Crippen molar-refractivity contribution in [2.45, 2.75) is 78.7 Å². The molecule has 2 nitrogen and oxygen atoms in total. The van der Waals surface area contributed by atoms with Gasteiger partial charge in [-0.3, -0.25) is 4.90 Å². The number of epoxide rings is 1. The molecule has 3 atom stereocenters. The topological polar surface area (TPSA) is 15.5 Å². The molecule has 2 heteroatoms. The fourth-order valence-corrected chi connectivity index (χ4v) is 3.21. The van der Waals surface area contributed by atoms with Crippen LogP contribution in [0.25, 0.3) is 0 Å². The number of hydrogen-bond donors (Lipinski definition) is 0. The van der Waals surface area contributed by atoms with Crippen LogP contribution >= 0.6 is 0 Å². The average Bonchev–Trinajstić information content (AvgIpc) is 2.89. The molecule has 0 spiro atoms. The minimum atomic E-state index is 0.189. The van der Waals surface area contributed by atoms with Gasteiger partial charge < -0.3 is 4.74 Å². The summed E-state index contributed by atoms with van der Waals surface area (Å²) in [6.45, 7) is 17.8. The van der Waals surface area contributed by atoms with E-state index in [9.17, 15) is 0 Å². The van der Waals surface area contributed by atoms with Crippen LogP contribution in [0.5, 0.6) is 0 Å². The van der Waals surface area contributed by atoms with Crippen molar-refractivity contribution >= 4 is 0 Å². The molecule has 17 heavy (non-hydrogen) atoms. The molecule has 2 fully saturated rings. The molecule has 0 aromatic carbocycles. The zero-order valence-corrected chi connectivity index (χ0v) is 13.2. The van der Waals surface area contributed by atoms with E-state index in [1.54, 1.807) is 0 Å². The Balaban J connectivity index is 0.000000171. The number of likely N-dealkylation sites (N-methyl/N-ethyl adjacent to an activating group) is 1. The molecule has 2 aliphatic heterocycles. The van der Waals surface area contributed by atoms with Crippen molar-refractivity contribution < 1.29 is 4.74 Å². The molecule has 0 aromatic heterocycles. The largest absolute Gasteiger partial charge is 0.366 e. The molecule has 0 aromatic rings. The highest BCUT2D eigenvalue weighted by molar-refractivity contribution is 5.10. The van der Waals surface area contributed by atoms with Crippen LogP contribution in [0, 0.1) is 11.8 Å². The normalized spacial score (nSPS) is 36.5. The van der Waals surface area contributed by atoms with E-state index in [-0.39, 0.29) is 5.60 Å². The maximum atomic E-state index is 5.37. The van der Waals surface area contributed by atoms with E-state index in [0.717, 1.165) is 12.0 Å². The average molecular weight is 241 g/mol. The Morgan fingerprint density at radius 2 is 1.29 bits per heavy atom. The van der Waals surface area contributed by atoms with Crippen LogP contribution in [0.1, 0.15) is 55.4 Å². The standard InChI is InChI=1S/C8H17N.C7H14O/c1-6(2)7-8(3,4)9(7)5;1-5(2)6-7(3,4)8-6/h6-7H,1-5H3;5-6H,1-4H3. The van der Waals surface area contributed by atoms with Gasteiger partial charge in [-0.25, -0.2) is 0 Å². The van der Waals surface area contributed by atoms with Gasteiger partial charge in [0, 0.05) is 11.6 Å². The van der Waals surface area contributed by atoms with Crippen LogP contribution in [0.4, 0.5) is 0 Å². The zero-order chi connectivity index (χ0) is 13.6. The predicted octanol–water partition coefficient (Wildman–Crippen LogP) is 3.55. The van der Waals surface area contributed by atoms with Crippen LogP contribution in [-0.4, -0.2) is 35.2 Å². The van der Waals surface area contributed by atoms with Gasteiger partial charge in [-0.2, -0.15) is 0 Å². The molecular formula is C15H31NO. The van der Waals surface area contributed by atoms with Crippen molar-refractivity contribution in [3.8, 4) is 0 Å². The van der Waals surface area contributed by atoms with Gasteiger partial charge in [-0.15, -0.1) is 0 Å². The van der Waals surface area contributed by atoms with Gasteiger partial charge in [0.1, 0.15) is 0 Å². The lowest BCUT2D eigenvalue weighted by Gasteiger charge is -2.01. The monoisotopic (exact) mass is 241 g/mol. The van der Waals surface area contributed by atoms with Gasteiger partial charge in [0.05, 0.1) is 11.7 Å². The Morgan fingerprint density at radius 1 is 0.941 bits per heavy atom. The van der Waals surface area contributed by atoms with E-state index in [0.29, 0.717) is 17.6 Å². The molecule has 0 amide bonds. The third-order valence-electron chi connectivity index (χ3n) is 4.28. The Bertz CT molecular complexity index is 268. The van der Waals surface area contributed by atoms with E-state index in [1.165, 1.54) is 0 Å². The second kappa shape index (κ2) is 4.55. The van der Waals surface area contributed by atoms with E-state index >= 15 is 0 Å². The van der Waals surface area contributed by atoms with Gasteiger partial charge in [0.15, 0.2) is 0 Å². The molecule has 2 heterocycles. The first kappa shape index (κ1) is 15.0. The van der Waals surface area contributed by atoms with Crippen LogP contribution < -0.4 is 0 Å². The first-order valence-corrected chi connectivity index (χ1v) is 6.92. The Kier molecular flexibility index (Phi) is 4.01. The smallest absolute Gasteiger partial charge is 0.0895 e. The fourth-order valence-electron chi connectivity index (χ4n) is 3.21. The summed E-state index contributed by atoms with van der Waals surface area (Å²) in [5.41, 5.74) is 0.669. The van der Waals surface area contributed by atoms with Crippen LogP contribution in [0.2, 0.25) is 0 Å². The maximum absolute atomic E-state index is 5.37. The molecule has 0 aliphatic carbocycles. The van der Waals surface area contributed by atoms with E-state index < -0.39 is 0 Å². The Labute approximate surface area is 108 Å². The molecule has 0 N–H and O–H groups in total. The molecule has 102 valence electrons. The van der Waals surface area contributed by atoms with Gasteiger partial charge >= 0.3 is 0 Å². The number of nitrogens with zero attached hydrogens (tertiary/aromatic N) is 1. The Hall–Kier alpha value is -0.0800. The van der Waals surface area contributed by atoms with Gasteiger partial charge in [-0.05, 0) is 46.6 Å². The summed E-state index contributed by atoms with van der Waals surface area (Å²) in [6.07, 6.45) is 0.516. The predicted molar refractivity (Wildman–Crippen MR) is 74.3 cm³/mol. The van der Waals surface area contributed by atoms with E-state index in [4.69, 9.17) is 4.74 Å². The molecule has 0 radical (unpaired) electrons. The quantitative estimate of drug-likeness (QED) is 0.687. The number of ether oxygens (including phenoxy) is 1. The van der Waals surface area contributed by atoms with E-state index in [1.807, 2.05) is 0 Å². The molecular weight excluding hydrogens is 210 g/mol. The summed E-state index contributed by atoms with van der Waals surface area (Å²) in [7, 11) is 2.20. The highest BCUT2D eigenvalue weighted by Gasteiger charge is 2.53. The van der Waals surface area contributed by atoms with Crippen LogP contribution in [0.15, 0.2) is 0 Å². The van der Waals surface area contributed by atoms with Gasteiger partial charge in [-0.1, -0.05) is 27.7 Å². The summed E-state index contributed by atoms with van der Waals surface area (Å²) < 4.78 is 5.37. The second-order valence-electron chi connectivity index (χ2n) is 7.34. The second-order valence-corrected chi connectivity index (χ2v) is 7.34. The summed E-state index contributed by atoms with van der Waals surface area (Å²) in [6, 6.07) is 0.817. The Morgan fingerprint density at radius 3 is 1.29 bits per heavy atom. The van der Waals surface area contributed by atoms with Crippen molar-refractivity contribution in [3.63, 3.8) is 0 Å². The van der Waals surface area contributed by atoms with Crippen molar-refractivity contribution in [2.24, 2.45) is 11.8 Å². The SMILES string of the molecule is CC(C)C1N(C)C1(C)C.CC(C)C1OC1(C)C. The lowest BCUT2D eigenvalue weighted by atomic mass is 10.0. The van der Waals surface area contributed by atoms with Crippen molar-refractivity contribution in [2.75, 3.05) is 7.05 Å². The summed E-state index contributed by atoms with van der Waals surface area (Å²) >= 11 is 0. The van der Waals surface area contributed by atoms with E-state index in [2.05, 4.69) is 67.3 Å². The molecule has 0 bridgehead atoms. The fraction of sp³-hybridized carbons (Fsp3) is 1.00. The molecule has 2 saturated heterocycles. The molecule has 2 rings (SSSR count). The third-order valence-corrected chi connectivity index (χ3v) is 4.28. The molecule has 2 aliphatic rings. The highest BCUT2D eigenvalue weighted by Crippen LogP contribution is 2.42. The van der Waals surface area contributed by atoms with Gasteiger partial charge in [0.2, 0.25) is 0 Å². The number of rotatable bonds is 2. The minimum Gasteiger partial charge on any atom is -0.366 e. The maximum Gasteiger partial charge on any atom is 0.0895 e. The van der Waals surface area contributed by atoms with Crippen molar-refractivity contribution in [1.29, 1.82) is 0 Å². The summed E-state index contributed by atoms with van der Waals surface area (Å²) in [5.74, 6) is 1.50. The van der Waals surface area contributed by atoms with Crippen LogP contribution in [-0.2, 0) is 4.74 Å². The summed E-state index contributed by atoms with van der Waals surface area (Å²) in [4.78, 5) is 2.43. The minimum absolute atomic E-state index is 0.189. The zero-order valence-electron chi connectivity index (χ0n) is 13.2. The lowest BCUT2D eigenvalue weighted by Crippen LogP contribution is -2.08. The van der Waals surface area contributed by atoms with Gasteiger partial charge in [0.25, 0.3) is 0 Å². The van der Waals surface area contributed by atoms with Crippen LogP contribution in [0.3, 0.4) is 0 Å². The highest BCUT2D eigenvalue weighted by atomic mass is 16.6. The number of hydrogen-bond acceptors (Lipinski definition) is 2. The first-order chi connectivity index (χ1) is 7.51. The third kappa shape index (κ3) is 3.23. The van der Waals surface area contributed by atoms with Crippen molar-refractivity contribution in [1.82, 2.24) is 4.90 Å². The van der Waals surface area contributed by atoms with Crippen molar-refractivity contribution in [3.05, 3.63) is 0 Å².